The topological polar surface area (TPSA) is 66.4 Å². The molecule has 1 unspecified atom stereocenters. The van der Waals surface area contributed by atoms with Gasteiger partial charge in [-0.25, -0.2) is 17.6 Å². The van der Waals surface area contributed by atoms with Crippen LogP contribution in [0.25, 0.3) is 0 Å². The van der Waals surface area contributed by atoms with Gasteiger partial charge in [0.25, 0.3) is 5.91 Å². The lowest BCUT2D eigenvalue weighted by Gasteiger charge is -2.16. The van der Waals surface area contributed by atoms with E-state index in [1.54, 1.807) is 6.92 Å². The highest BCUT2D eigenvalue weighted by atomic mass is 19.2. The van der Waals surface area contributed by atoms with Crippen molar-refractivity contribution < 1.29 is 32.3 Å². The summed E-state index contributed by atoms with van der Waals surface area (Å²) >= 11 is 0. The van der Waals surface area contributed by atoms with Crippen molar-refractivity contribution in [3.8, 4) is 0 Å². The van der Waals surface area contributed by atoms with Gasteiger partial charge in [0.05, 0.1) is 12.0 Å². The monoisotopic (exact) mass is 307 g/mol. The van der Waals surface area contributed by atoms with Gasteiger partial charge < -0.3 is 10.4 Å². The first-order valence-electron chi connectivity index (χ1n) is 6.13. The Labute approximate surface area is 117 Å². The van der Waals surface area contributed by atoms with Crippen molar-refractivity contribution in [2.24, 2.45) is 0 Å². The minimum Gasteiger partial charge on any atom is -0.481 e. The van der Waals surface area contributed by atoms with E-state index in [-0.39, 0.29) is 12.5 Å². The van der Waals surface area contributed by atoms with Gasteiger partial charge in [-0.2, -0.15) is 0 Å². The number of benzene rings is 1. The van der Waals surface area contributed by atoms with E-state index >= 15 is 0 Å². The van der Waals surface area contributed by atoms with E-state index in [4.69, 9.17) is 5.11 Å². The third kappa shape index (κ3) is 4.17. The van der Waals surface area contributed by atoms with Crippen LogP contribution in [0.3, 0.4) is 0 Å². The molecule has 0 saturated carbocycles. The van der Waals surface area contributed by atoms with Crippen LogP contribution in [-0.2, 0) is 4.79 Å². The quantitative estimate of drug-likeness (QED) is 0.482. The predicted molar refractivity (Wildman–Crippen MR) is 64.7 cm³/mol. The molecule has 1 aromatic carbocycles. The molecule has 1 atom stereocenters. The first kappa shape index (κ1) is 16.9. The molecule has 0 aliphatic carbocycles. The smallest absolute Gasteiger partial charge is 0.305 e. The highest BCUT2D eigenvalue weighted by molar-refractivity contribution is 5.95. The van der Waals surface area contributed by atoms with Gasteiger partial charge in [0.1, 0.15) is 0 Å². The highest BCUT2D eigenvalue weighted by Crippen LogP contribution is 2.19. The normalized spacial score (nSPS) is 12.0. The maximum absolute atomic E-state index is 13.4. The maximum atomic E-state index is 13.4. The summed E-state index contributed by atoms with van der Waals surface area (Å²) < 4.78 is 52.3. The van der Waals surface area contributed by atoms with Crippen LogP contribution >= 0.6 is 0 Å². The summed E-state index contributed by atoms with van der Waals surface area (Å²) in [6.45, 7) is 1.73. The second-order valence-corrected chi connectivity index (χ2v) is 4.40. The standard InChI is InChI=1S/C13H13F4NO3/c1-2-3-6(4-9(19)20)18-13(21)7-5-8(14)11(16)12(17)10(7)15/h5-6H,2-4H2,1H3,(H,18,21)(H,19,20). The van der Waals surface area contributed by atoms with Gasteiger partial charge in [0.2, 0.25) is 0 Å². The number of amides is 1. The average Bonchev–Trinajstić information content (AvgIpc) is 2.40. The molecule has 0 fully saturated rings. The van der Waals surface area contributed by atoms with Gasteiger partial charge in [-0.1, -0.05) is 13.3 Å². The SMILES string of the molecule is CCCC(CC(=O)O)NC(=O)c1cc(F)c(F)c(F)c1F. The molecule has 116 valence electrons. The van der Waals surface area contributed by atoms with Gasteiger partial charge in [0.15, 0.2) is 23.3 Å². The van der Waals surface area contributed by atoms with Crippen LogP contribution in [0.1, 0.15) is 36.5 Å². The van der Waals surface area contributed by atoms with Crippen LogP contribution in [0, 0.1) is 23.3 Å². The lowest BCUT2D eigenvalue weighted by Crippen LogP contribution is -2.37. The van der Waals surface area contributed by atoms with Crippen molar-refractivity contribution in [3.63, 3.8) is 0 Å². The molecule has 1 rings (SSSR count). The van der Waals surface area contributed by atoms with Crippen LogP contribution < -0.4 is 5.32 Å². The number of carbonyl (C=O) groups excluding carboxylic acids is 1. The molecule has 4 nitrogen and oxygen atoms in total. The molecule has 0 aliphatic heterocycles. The Morgan fingerprint density at radius 1 is 1.19 bits per heavy atom. The van der Waals surface area contributed by atoms with Crippen molar-refractivity contribution in [1.29, 1.82) is 0 Å². The molecular formula is C13H13F4NO3. The summed E-state index contributed by atoms with van der Waals surface area (Å²) in [5.74, 6) is -10.0. The third-order valence-corrected chi connectivity index (χ3v) is 2.74. The number of carbonyl (C=O) groups is 2. The Balaban J connectivity index is 3.00. The van der Waals surface area contributed by atoms with E-state index in [9.17, 15) is 27.2 Å². The molecule has 0 saturated heterocycles. The van der Waals surface area contributed by atoms with Gasteiger partial charge in [-0.15, -0.1) is 0 Å². The zero-order valence-corrected chi connectivity index (χ0v) is 11.1. The average molecular weight is 307 g/mol. The number of nitrogens with one attached hydrogen (secondary N) is 1. The van der Waals surface area contributed by atoms with Crippen LogP contribution in [-0.4, -0.2) is 23.0 Å². The van der Waals surface area contributed by atoms with Crippen LogP contribution in [0.15, 0.2) is 6.07 Å². The zero-order chi connectivity index (χ0) is 16.2. The Bertz CT molecular complexity index is 563. The molecule has 21 heavy (non-hydrogen) atoms. The van der Waals surface area contributed by atoms with Gasteiger partial charge in [-0.3, -0.25) is 9.59 Å². The number of hydrogen-bond acceptors (Lipinski definition) is 2. The van der Waals surface area contributed by atoms with Crippen molar-refractivity contribution in [2.75, 3.05) is 0 Å². The summed E-state index contributed by atoms with van der Waals surface area (Å²) in [6.07, 6.45) is 0.395. The van der Waals surface area contributed by atoms with Gasteiger partial charge in [-0.05, 0) is 12.5 Å². The minimum absolute atomic E-state index is 0.229. The van der Waals surface area contributed by atoms with Crippen molar-refractivity contribution >= 4 is 11.9 Å². The predicted octanol–water partition coefficient (Wildman–Crippen LogP) is 2.62. The number of rotatable bonds is 6. The fourth-order valence-corrected chi connectivity index (χ4v) is 1.79. The Morgan fingerprint density at radius 2 is 1.81 bits per heavy atom. The van der Waals surface area contributed by atoms with E-state index in [1.807, 2.05) is 0 Å². The molecule has 0 aromatic heterocycles. The lowest BCUT2D eigenvalue weighted by atomic mass is 10.1. The fraction of sp³-hybridized carbons (Fsp3) is 0.385. The summed E-state index contributed by atoms with van der Waals surface area (Å²) in [5.41, 5.74) is -1.02. The number of halogens is 4. The molecule has 1 amide bonds. The van der Waals surface area contributed by atoms with Crippen LogP contribution in [0.4, 0.5) is 17.6 Å². The van der Waals surface area contributed by atoms with Crippen LogP contribution in [0.2, 0.25) is 0 Å². The molecule has 0 bridgehead atoms. The zero-order valence-electron chi connectivity index (χ0n) is 11.1. The number of aliphatic carboxylic acids is 1. The lowest BCUT2D eigenvalue weighted by molar-refractivity contribution is -0.137. The highest BCUT2D eigenvalue weighted by Gasteiger charge is 2.24. The molecule has 8 heteroatoms. The molecule has 0 radical (unpaired) electrons. The Hall–Kier alpha value is -2.12. The Morgan fingerprint density at radius 3 is 2.33 bits per heavy atom. The summed E-state index contributed by atoms with van der Waals surface area (Å²) in [4.78, 5) is 22.4. The maximum Gasteiger partial charge on any atom is 0.305 e. The molecule has 1 aromatic rings. The fourth-order valence-electron chi connectivity index (χ4n) is 1.79. The van der Waals surface area contributed by atoms with Crippen LogP contribution in [0.5, 0.6) is 0 Å². The number of hydrogen-bond donors (Lipinski definition) is 2. The van der Waals surface area contributed by atoms with E-state index in [0.717, 1.165) is 0 Å². The van der Waals surface area contributed by atoms with E-state index < -0.39 is 53.2 Å². The number of carboxylic acid groups (broad SMARTS) is 1. The van der Waals surface area contributed by atoms with E-state index in [0.29, 0.717) is 6.42 Å². The third-order valence-electron chi connectivity index (χ3n) is 2.74. The summed E-state index contributed by atoms with van der Waals surface area (Å²) in [7, 11) is 0. The first-order chi connectivity index (χ1) is 9.77. The largest absolute Gasteiger partial charge is 0.481 e. The van der Waals surface area contributed by atoms with Crippen molar-refractivity contribution in [1.82, 2.24) is 5.32 Å². The second-order valence-electron chi connectivity index (χ2n) is 4.40. The molecular weight excluding hydrogens is 294 g/mol. The summed E-state index contributed by atoms with van der Waals surface area (Å²) in [5, 5.41) is 10.8. The summed E-state index contributed by atoms with van der Waals surface area (Å²) in [6, 6.07) is -0.595. The number of carboxylic acids is 1. The van der Waals surface area contributed by atoms with Crippen molar-refractivity contribution in [2.45, 2.75) is 32.2 Å². The molecule has 0 spiro atoms. The molecule has 0 heterocycles. The second kappa shape index (κ2) is 7.05. The van der Waals surface area contributed by atoms with E-state index in [1.165, 1.54) is 0 Å². The first-order valence-corrected chi connectivity index (χ1v) is 6.13. The molecule has 0 aliphatic rings. The Kier molecular flexibility index (Phi) is 5.69. The van der Waals surface area contributed by atoms with Crippen molar-refractivity contribution in [3.05, 3.63) is 34.9 Å². The van der Waals surface area contributed by atoms with E-state index in [2.05, 4.69) is 5.32 Å². The minimum atomic E-state index is -2.09. The van der Waals surface area contributed by atoms with Gasteiger partial charge in [0, 0.05) is 6.04 Å². The molecule has 2 N–H and O–H groups in total. The van der Waals surface area contributed by atoms with Gasteiger partial charge >= 0.3 is 5.97 Å².